The van der Waals surface area contributed by atoms with Gasteiger partial charge in [0.1, 0.15) is 0 Å². The molecule has 0 bridgehead atoms. The third kappa shape index (κ3) is 1.19. The van der Waals surface area contributed by atoms with Gasteiger partial charge in [-0.25, -0.2) is 4.39 Å². The zero-order valence-electron chi connectivity index (χ0n) is 5.77. The molecule has 1 saturated carbocycles. The fourth-order valence-corrected chi connectivity index (χ4v) is 1.22. The zero-order valence-corrected chi connectivity index (χ0v) is 5.77. The number of aliphatic hydroxyl groups excluding tert-OH is 1. The third-order valence-corrected chi connectivity index (χ3v) is 1.98. The first-order valence-corrected chi connectivity index (χ1v) is 3.52. The molecular weight excluding hydrogens is 135 g/mol. The molecule has 58 valence electrons. The van der Waals surface area contributed by atoms with Gasteiger partial charge in [-0.05, 0) is 19.3 Å². The van der Waals surface area contributed by atoms with Crippen LogP contribution in [0.3, 0.4) is 0 Å². The highest BCUT2D eigenvalue weighted by Crippen LogP contribution is 2.27. The number of hydrogen-bond acceptors (Lipinski definition) is 2. The quantitative estimate of drug-likeness (QED) is 0.595. The summed E-state index contributed by atoms with van der Waals surface area (Å²) in [5, 5.41) is 8.52. The highest BCUT2D eigenvalue weighted by atomic mass is 19.1. The summed E-state index contributed by atoms with van der Waals surface area (Å²) in [6.45, 7) is -0.647. The lowest BCUT2D eigenvalue weighted by atomic mass is 9.86. The molecule has 0 spiro atoms. The molecule has 1 fully saturated rings. The SMILES string of the molecule is O=C1CCCC[C@]1(F)CO. The van der Waals surface area contributed by atoms with Gasteiger partial charge in [0, 0.05) is 6.42 Å². The van der Waals surface area contributed by atoms with Crippen LogP contribution < -0.4 is 0 Å². The van der Waals surface area contributed by atoms with Crippen molar-refractivity contribution in [2.45, 2.75) is 31.4 Å². The molecule has 0 aromatic heterocycles. The van der Waals surface area contributed by atoms with Crippen molar-refractivity contribution in [1.82, 2.24) is 0 Å². The van der Waals surface area contributed by atoms with Crippen LogP contribution in [0.25, 0.3) is 0 Å². The van der Waals surface area contributed by atoms with Crippen LogP contribution in [0.5, 0.6) is 0 Å². The van der Waals surface area contributed by atoms with Crippen molar-refractivity contribution < 1.29 is 14.3 Å². The lowest BCUT2D eigenvalue weighted by Crippen LogP contribution is -2.40. The molecule has 0 heterocycles. The summed E-state index contributed by atoms with van der Waals surface area (Å²) in [6, 6.07) is 0. The van der Waals surface area contributed by atoms with Crippen LogP contribution in [0, 0.1) is 0 Å². The Morgan fingerprint density at radius 2 is 2.30 bits per heavy atom. The zero-order chi connectivity index (χ0) is 7.61. The summed E-state index contributed by atoms with van der Waals surface area (Å²) in [6.07, 6.45) is 1.96. The first kappa shape index (κ1) is 7.66. The summed E-state index contributed by atoms with van der Waals surface area (Å²) in [4.78, 5) is 10.8. The number of rotatable bonds is 1. The van der Waals surface area contributed by atoms with Crippen LogP contribution in [0.15, 0.2) is 0 Å². The van der Waals surface area contributed by atoms with Crippen LogP contribution in [0.4, 0.5) is 4.39 Å². The van der Waals surface area contributed by atoms with E-state index in [1.54, 1.807) is 0 Å². The first-order valence-electron chi connectivity index (χ1n) is 3.52. The maximum absolute atomic E-state index is 13.1. The van der Waals surface area contributed by atoms with Crippen LogP contribution in [-0.4, -0.2) is 23.2 Å². The van der Waals surface area contributed by atoms with Gasteiger partial charge in [0.2, 0.25) is 0 Å². The van der Waals surface area contributed by atoms with E-state index >= 15 is 0 Å². The molecule has 0 unspecified atom stereocenters. The number of hydrogen-bond donors (Lipinski definition) is 1. The van der Waals surface area contributed by atoms with Crippen molar-refractivity contribution >= 4 is 5.78 Å². The minimum atomic E-state index is -1.90. The minimum absolute atomic E-state index is 0.197. The van der Waals surface area contributed by atoms with Crippen LogP contribution >= 0.6 is 0 Å². The van der Waals surface area contributed by atoms with Crippen molar-refractivity contribution in [3.05, 3.63) is 0 Å². The Balaban J connectivity index is 2.63. The molecule has 10 heavy (non-hydrogen) atoms. The second-order valence-electron chi connectivity index (χ2n) is 2.75. The molecule has 1 atom stereocenters. The largest absolute Gasteiger partial charge is 0.393 e. The molecule has 0 amide bonds. The second-order valence-corrected chi connectivity index (χ2v) is 2.75. The van der Waals surface area contributed by atoms with E-state index in [4.69, 9.17) is 5.11 Å². The number of ketones is 1. The van der Waals surface area contributed by atoms with Crippen molar-refractivity contribution in [3.8, 4) is 0 Å². The number of halogens is 1. The van der Waals surface area contributed by atoms with Gasteiger partial charge in [-0.3, -0.25) is 4.79 Å². The normalized spacial score (nSPS) is 34.4. The molecular formula is C7H11FO2. The molecule has 0 radical (unpaired) electrons. The van der Waals surface area contributed by atoms with E-state index in [0.29, 0.717) is 6.42 Å². The van der Waals surface area contributed by atoms with Crippen molar-refractivity contribution in [2.75, 3.05) is 6.61 Å². The van der Waals surface area contributed by atoms with Gasteiger partial charge >= 0.3 is 0 Å². The van der Waals surface area contributed by atoms with Crippen molar-refractivity contribution in [3.63, 3.8) is 0 Å². The van der Waals surface area contributed by atoms with Crippen LogP contribution in [-0.2, 0) is 4.79 Å². The molecule has 3 heteroatoms. The number of Topliss-reactive ketones (excluding diaryl/α,β-unsaturated/α-hetero) is 1. The summed E-state index contributed by atoms with van der Waals surface area (Å²) in [5.74, 6) is -0.429. The second kappa shape index (κ2) is 2.66. The van der Waals surface area contributed by atoms with E-state index < -0.39 is 18.1 Å². The Bertz CT molecular complexity index is 147. The Hall–Kier alpha value is -0.440. The molecule has 1 rings (SSSR count). The Morgan fingerprint density at radius 1 is 1.60 bits per heavy atom. The third-order valence-electron chi connectivity index (χ3n) is 1.98. The lowest BCUT2D eigenvalue weighted by molar-refractivity contribution is -0.136. The van der Waals surface area contributed by atoms with Gasteiger partial charge in [-0.1, -0.05) is 0 Å². The van der Waals surface area contributed by atoms with E-state index in [9.17, 15) is 9.18 Å². The first-order chi connectivity index (χ1) is 4.69. The molecule has 1 N–H and O–H groups in total. The topological polar surface area (TPSA) is 37.3 Å². The monoisotopic (exact) mass is 146 g/mol. The predicted octanol–water partition coefficient (Wildman–Crippen LogP) is 0.830. The average molecular weight is 146 g/mol. The maximum atomic E-state index is 13.1. The molecule has 2 nitrogen and oxygen atoms in total. The number of carbonyl (C=O) groups excluding carboxylic acids is 1. The van der Waals surface area contributed by atoms with E-state index in [1.165, 1.54) is 0 Å². The fourth-order valence-electron chi connectivity index (χ4n) is 1.22. The minimum Gasteiger partial charge on any atom is -0.393 e. The highest BCUT2D eigenvalue weighted by molar-refractivity contribution is 5.87. The smallest absolute Gasteiger partial charge is 0.191 e. The van der Waals surface area contributed by atoms with Gasteiger partial charge in [0.05, 0.1) is 6.61 Å². The molecule has 0 aromatic carbocycles. The Kier molecular flexibility index (Phi) is 2.04. The van der Waals surface area contributed by atoms with E-state index in [0.717, 1.165) is 6.42 Å². The molecule has 0 aliphatic heterocycles. The summed E-state index contributed by atoms with van der Waals surface area (Å²) >= 11 is 0. The Labute approximate surface area is 59.0 Å². The molecule has 0 aromatic rings. The van der Waals surface area contributed by atoms with Gasteiger partial charge in [-0.15, -0.1) is 0 Å². The molecule has 1 aliphatic carbocycles. The Morgan fingerprint density at radius 3 is 2.70 bits per heavy atom. The molecule has 0 saturated heterocycles. The standard InChI is InChI=1S/C7H11FO2/c8-7(5-9)4-2-1-3-6(7)10/h9H,1-5H2/t7-/m0/s1. The van der Waals surface area contributed by atoms with E-state index in [2.05, 4.69) is 0 Å². The number of carbonyl (C=O) groups is 1. The van der Waals surface area contributed by atoms with Gasteiger partial charge in [0.15, 0.2) is 11.5 Å². The van der Waals surface area contributed by atoms with E-state index in [-0.39, 0.29) is 12.8 Å². The lowest BCUT2D eigenvalue weighted by Gasteiger charge is -2.25. The summed E-state index contributed by atoms with van der Waals surface area (Å²) in [5.41, 5.74) is -1.90. The van der Waals surface area contributed by atoms with Crippen molar-refractivity contribution in [1.29, 1.82) is 0 Å². The predicted molar refractivity (Wildman–Crippen MR) is 34.4 cm³/mol. The van der Waals surface area contributed by atoms with Crippen molar-refractivity contribution in [2.24, 2.45) is 0 Å². The highest BCUT2D eigenvalue weighted by Gasteiger charge is 2.39. The number of aliphatic hydroxyl groups is 1. The van der Waals surface area contributed by atoms with Gasteiger partial charge in [0.25, 0.3) is 0 Å². The fraction of sp³-hybridized carbons (Fsp3) is 0.857. The summed E-state index contributed by atoms with van der Waals surface area (Å²) < 4.78 is 13.1. The molecule has 1 aliphatic rings. The average Bonchev–Trinajstić information content (AvgIpc) is 1.96. The van der Waals surface area contributed by atoms with Gasteiger partial charge < -0.3 is 5.11 Å². The maximum Gasteiger partial charge on any atom is 0.191 e. The summed E-state index contributed by atoms with van der Waals surface area (Å²) in [7, 11) is 0. The van der Waals surface area contributed by atoms with Gasteiger partial charge in [-0.2, -0.15) is 0 Å². The van der Waals surface area contributed by atoms with Crippen LogP contribution in [0.2, 0.25) is 0 Å². The van der Waals surface area contributed by atoms with E-state index in [1.807, 2.05) is 0 Å². The van der Waals surface area contributed by atoms with Crippen LogP contribution in [0.1, 0.15) is 25.7 Å². The number of alkyl halides is 1.